The van der Waals surface area contributed by atoms with Gasteiger partial charge < -0.3 is 10.1 Å². The molecule has 8 nitrogen and oxygen atoms in total. The number of nitrogens with zero attached hydrogens (tertiary/aromatic N) is 5. The highest BCUT2D eigenvalue weighted by molar-refractivity contribution is 6.31. The summed E-state index contributed by atoms with van der Waals surface area (Å²) in [5.74, 6) is 0.759. The standard InChI is InChI=1S/C27H27ClN6O2/c28-25-12-5-4-10-22(25)15-29-27(35)26-14-23(34-19-30-31-32-34)17-33(26)16-21-9-6-11-24(13-21)36-18-20-7-2-1-3-8-20/h1-13,19,23,26H,14-18H2,(H,29,35)/t23-,26+/m1/s1. The van der Waals surface area contributed by atoms with E-state index in [-0.39, 0.29) is 18.0 Å². The highest BCUT2D eigenvalue weighted by Gasteiger charge is 2.38. The van der Waals surface area contributed by atoms with Gasteiger partial charge in [0.2, 0.25) is 5.91 Å². The number of carbonyl (C=O) groups is 1. The molecular formula is C27H27ClN6O2. The molecule has 1 aliphatic heterocycles. The summed E-state index contributed by atoms with van der Waals surface area (Å²) in [6.07, 6.45) is 2.22. The average Bonchev–Trinajstić information content (AvgIpc) is 3.58. The quantitative estimate of drug-likeness (QED) is 0.372. The first-order valence-corrected chi connectivity index (χ1v) is 12.3. The summed E-state index contributed by atoms with van der Waals surface area (Å²) in [6.45, 7) is 2.14. The van der Waals surface area contributed by atoms with Gasteiger partial charge in [0, 0.05) is 24.7 Å². The SMILES string of the molecule is O=C(NCc1ccccc1Cl)[C@@H]1C[C@@H](n2cnnn2)CN1Cc1cccc(OCc2ccccc2)c1. The normalized spacial score (nSPS) is 17.7. The van der Waals surface area contributed by atoms with Crippen molar-refractivity contribution in [1.29, 1.82) is 0 Å². The maximum absolute atomic E-state index is 13.3. The van der Waals surface area contributed by atoms with Crippen LogP contribution in [0.25, 0.3) is 0 Å². The molecule has 36 heavy (non-hydrogen) atoms. The molecule has 1 aromatic heterocycles. The lowest BCUT2D eigenvalue weighted by molar-refractivity contribution is -0.125. The van der Waals surface area contributed by atoms with Gasteiger partial charge in [0.25, 0.3) is 0 Å². The van der Waals surface area contributed by atoms with Gasteiger partial charge in [-0.05, 0) is 51.7 Å². The average molecular weight is 503 g/mol. The van der Waals surface area contributed by atoms with Crippen molar-refractivity contribution in [2.45, 2.75) is 38.2 Å². The minimum atomic E-state index is -0.324. The lowest BCUT2D eigenvalue weighted by Gasteiger charge is -2.24. The van der Waals surface area contributed by atoms with E-state index in [9.17, 15) is 4.79 Å². The number of rotatable bonds is 9. The molecule has 1 saturated heterocycles. The van der Waals surface area contributed by atoms with Crippen LogP contribution in [0.4, 0.5) is 0 Å². The molecule has 1 N–H and O–H groups in total. The molecule has 4 aromatic rings. The molecule has 1 aliphatic rings. The van der Waals surface area contributed by atoms with E-state index in [1.807, 2.05) is 72.8 Å². The Morgan fingerprint density at radius 2 is 1.83 bits per heavy atom. The molecule has 0 bridgehead atoms. The molecule has 1 fully saturated rings. The second-order valence-corrected chi connectivity index (χ2v) is 9.26. The lowest BCUT2D eigenvalue weighted by atomic mass is 10.1. The predicted octanol–water partition coefficient (Wildman–Crippen LogP) is 4.04. The van der Waals surface area contributed by atoms with E-state index < -0.39 is 0 Å². The maximum Gasteiger partial charge on any atom is 0.237 e. The molecule has 0 spiro atoms. The molecule has 1 amide bonds. The summed E-state index contributed by atoms with van der Waals surface area (Å²) in [6, 6.07) is 25.3. The summed E-state index contributed by atoms with van der Waals surface area (Å²) in [5, 5.41) is 15.3. The van der Waals surface area contributed by atoms with Crippen molar-refractivity contribution in [2.24, 2.45) is 0 Å². The van der Waals surface area contributed by atoms with Gasteiger partial charge >= 0.3 is 0 Å². The summed E-state index contributed by atoms with van der Waals surface area (Å²) in [5.41, 5.74) is 3.07. The smallest absolute Gasteiger partial charge is 0.237 e. The van der Waals surface area contributed by atoms with Crippen LogP contribution < -0.4 is 10.1 Å². The summed E-state index contributed by atoms with van der Waals surface area (Å²) in [4.78, 5) is 15.5. The van der Waals surface area contributed by atoms with Gasteiger partial charge in [-0.2, -0.15) is 0 Å². The number of aromatic nitrogens is 4. The Balaban J connectivity index is 1.27. The minimum Gasteiger partial charge on any atom is -0.489 e. The number of tetrazole rings is 1. The highest BCUT2D eigenvalue weighted by atomic mass is 35.5. The van der Waals surface area contributed by atoms with Crippen molar-refractivity contribution in [3.8, 4) is 5.75 Å². The van der Waals surface area contributed by atoms with Crippen LogP contribution in [0.1, 0.15) is 29.2 Å². The summed E-state index contributed by atoms with van der Waals surface area (Å²) < 4.78 is 7.74. The molecule has 2 atom stereocenters. The molecule has 0 radical (unpaired) electrons. The number of likely N-dealkylation sites (tertiary alicyclic amines) is 1. The van der Waals surface area contributed by atoms with Crippen LogP contribution in [0.5, 0.6) is 5.75 Å². The molecule has 0 saturated carbocycles. The van der Waals surface area contributed by atoms with Crippen LogP contribution >= 0.6 is 11.6 Å². The molecule has 9 heteroatoms. The third-order valence-electron chi connectivity index (χ3n) is 6.37. The van der Waals surface area contributed by atoms with E-state index in [2.05, 4.69) is 31.8 Å². The molecule has 0 unspecified atom stereocenters. The Morgan fingerprint density at radius 3 is 2.64 bits per heavy atom. The molecule has 2 heterocycles. The topological polar surface area (TPSA) is 85.2 Å². The first-order chi connectivity index (χ1) is 17.7. The molecule has 5 rings (SSSR count). The molecule has 0 aliphatic carbocycles. The van der Waals surface area contributed by atoms with Crippen molar-refractivity contribution >= 4 is 17.5 Å². The Hall–Kier alpha value is -3.75. The summed E-state index contributed by atoms with van der Waals surface area (Å²) in [7, 11) is 0. The van der Waals surface area contributed by atoms with E-state index in [0.717, 1.165) is 22.4 Å². The highest BCUT2D eigenvalue weighted by Crippen LogP contribution is 2.29. The van der Waals surface area contributed by atoms with Crippen molar-refractivity contribution < 1.29 is 9.53 Å². The zero-order chi connectivity index (χ0) is 24.7. The molecule has 3 aromatic carbocycles. The number of hydrogen-bond acceptors (Lipinski definition) is 6. The van der Waals surface area contributed by atoms with Gasteiger partial charge in [-0.25, -0.2) is 4.68 Å². The lowest BCUT2D eigenvalue weighted by Crippen LogP contribution is -2.42. The van der Waals surface area contributed by atoms with Gasteiger partial charge in [0.1, 0.15) is 18.7 Å². The number of nitrogens with one attached hydrogen (secondary N) is 1. The second-order valence-electron chi connectivity index (χ2n) is 8.86. The third-order valence-corrected chi connectivity index (χ3v) is 6.74. The van der Waals surface area contributed by atoms with Crippen LogP contribution in [0.3, 0.4) is 0 Å². The Labute approximate surface area is 214 Å². The van der Waals surface area contributed by atoms with Crippen LogP contribution in [-0.2, 0) is 24.5 Å². The van der Waals surface area contributed by atoms with Crippen molar-refractivity contribution in [3.05, 3.63) is 107 Å². The van der Waals surface area contributed by atoms with Crippen LogP contribution in [0, 0.1) is 0 Å². The molecular weight excluding hydrogens is 476 g/mol. The number of amides is 1. The number of ether oxygens (including phenoxy) is 1. The Bertz CT molecular complexity index is 1280. The van der Waals surface area contributed by atoms with Crippen molar-refractivity contribution in [3.63, 3.8) is 0 Å². The van der Waals surface area contributed by atoms with E-state index in [0.29, 0.717) is 37.7 Å². The van der Waals surface area contributed by atoms with Crippen LogP contribution in [-0.4, -0.2) is 43.6 Å². The monoisotopic (exact) mass is 502 g/mol. The van der Waals surface area contributed by atoms with E-state index in [1.165, 1.54) is 0 Å². The second kappa shape index (κ2) is 11.3. The zero-order valence-corrected chi connectivity index (χ0v) is 20.5. The van der Waals surface area contributed by atoms with Gasteiger partial charge in [-0.15, -0.1) is 5.10 Å². The Morgan fingerprint density at radius 1 is 1.03 bits per heavy atom. The number of halogens is 1. The van der Waals surface area contributed by atoms with E-state index in [1.54, 1.807) is 11.0 Å². The maximum atomic E-state index is 13.3. The van der Waals surface area contributed by atoms with Crippen LogP contribution in [0.2, 0.25) is 5.02 Å². The number of hydrogen-bond donors (Lipinski definition) is 1. The number of benzene rings is 3. The van der Waals surface area contributed by atoms with Crippen molar-refractivity contribution in [2.75, 3.05) is 6.54 Å². The first kappa shape index (κ1) is 24.0. The van der Waals surface area contributed by atoms with Gasteiger partial charge in [-0.1, -0.05) is 72.3 Å². The first-order valence-electron chi connectivity index (χ1n) is 11.9. The van der Waals surface area contributed by atoms with Gasteiger partial charge in [0.15, 0.2) is 0 Å². The van der Waals surface area contributed by atoms with Crippen molar-refractivity contribution in [1.82, 2.24) is 30.4 Å². The minimum absolute atomic E-state index is 0.00794. The fourth-order valence-electron chi connectivity index (χ4n) is 4.51. The third kappa shape index (κ3) is 5.90. The van der Waals surface area contributed by atoms with E-state index in [4.69, 9.17) is 16.3 Å². The fourth-order valence-corrected chi connectivity index (χ4v) is 4.71. The largest absolute Gasteiger partial charge is 0.489 e. The zero-order valence-electron chi connectivity index (χ0n) is 19.7. The molecule has 184 valence electrons. The Kier molecular flexibility index (Phi) is 7.54. The summed E-state index contributed by atoms with van der Waals surface area (Å²) >= 11 is 6.27. The van der Waals surface area contributed by atoms with Gasteiger partial charge in [-0.3, -0.25) is 9.69 Å². The van der Waals surface area contributed by atoms with E-state index >= 15 is 0 Å². The van der Waals surface area contributed by atoms with Gasteiger partial charge in [0.05, 0.1) is 12.1 Å². The number of carbonyl (C=O) groups excluding carboxylic acids is 1. The fraction of sp³-hybridized carbons (Fsp3) is 0.259. The van der Waals surface area contributed by atoms with Crippen LogP contribution in [0.15, 0.2) is 85.2 Å². The predicted molar refractivity (Wildman–Crippen MR) is 136 cm³/mol.